The first-order valence-corrected chi connectivity index (χ1v) is 28.9. The third-order valence-corrected chi connectivity index (χ3v) is 13.4. The maximum Gasteiger partial charge on any atom is 0.325 e. The van der Waals surface area contributed by atoms with Crippen molar-refractivity contribution in [1.29, 1.82) is 0 Å². The van der Waals surface area contributed by atoms with E-state index < -0.39 is 156 Å². The monoisotopic (exact) mass is 1280 g/mol. The number of aliphatic imine (C=N–C) groups is 2. The van der Waals surface area contributed by atoms with Crippen molar-refractivity contribution in [3.05, 3.63) is 65.7 Å². The molecule has 35 heteroatoms. The molecule has 0 spiro atoms. The van der Waals surface area contributed by atoms with Gasteiger partial charge in [-0.05, 0) is 102 Å². The molecule has 502 valence electrons. The van der Waals surface area contributed by atoms with Crippen LogP contribution in [0.2, 0.25) is 0 Å². The number of aliphatic carboxylic acids is 3. The Morgan fingerprint density at radius 2 is 0.747 bits per heavy atom. The summed E-state index contributed by atoms with van der Waals surface area (Å²) in [6.07, 6.45) is -2.05. The second kappa shape index (κ2) is 39.7. The zero-order valence-electron chi connectivity index (χ0n) is 50.9. The van der Waals surface area contributed by atoms with Crippen molar-refractivity contribution in [3.8, 4) is 5.75 Å². The number of aromatic hydroxyl groups is 1. The van der Waals surface area contributed by atoms with Gasteiger partial charge in [0.15, 0.2) is 11.9 Å². The lowest BCUT2D eigenvalue weighted by molar-refractivity contribution is -0.142. The molecular formula is C56H86N18O17. The largest absolute Gasteiger partial charge is 0.508 e. The number of amides is 10. The Balaban J connectivity index is 2.47. The molecule has 0 saturated heterocycles. The standard InChI is InChI=1S/C56H86N18O17/c1-28(44(80)68-31(4)54(90)91)66-48(84)36(15-8-9-21-57)69-52(88)40(26-42(76)77)72-46(82)30(3)67-49(85)37(16-11-23-64-56(61)62)70-50(86)39(24-32-12-6-5-7-13-32)73-53(89)41(27-43(78)79)74-51(87)38(25-33-17-19-34(75)20-18-33)71-45(81)29(2)65-47(83)35(58)14-10-22-63-55(59)60/h5-7,12-13,17-20,28-31,35-41,75H,8-11,14-16,21-27,57-58H2,1-4H3,(H,65,83)(H,66,84)(H,67,85)(H,68,80)(H,69,88)(H,70,86)(H,71,81)(H,72,82)(H,73,89)(H,74,87)(H,76,77)(H,78,79)(H,90,91)(H4,59,60,63)(H4,61,62,64)/t28-,29-,30-,31-,35-,36-,37-,38-,39-,40-,41-/m0/s1. The first kappa shape index (κ1) is 76.9. The average molecular weight is 1280 g/mol. The first-order valence-electron chi connectivity index (χ1n) is 28.9. The van der Waals surface area contributed by atoms with Crippen molar-refractivity contribution in [3.63, 3.8) is 0 Å². The number of benzene rings is 2. The molecule has 0 aromatic heterocycles. The van der Waals surface area contributed by atoms with Crippen molar-refractivity contribution in [2.75, 3.05) is 19.6 Å². The summed E-state index contributed by atoms with van der Waals surface area (Å²) in [5.74, 6) is -15.4. The molecule has 2 aromatic rings. The SMILES string of the molecule is C[C@H](NC(=O)[C@H](C)NC(=O)[C@H](CCCCN)NC(=O)[C@H](CC(=O)O)NC(=O)[C@H](C)NC(=O)[C@H](CCCN=C(N)N)NC(=O)[C@H](Cc1ccccc1)NC(=O)[C@H](CC(=O)O)NC(=O)[C@H](Cc1ccc(O)cc1)NC(=O)[C@H](C)NC(=O)[C@@H](N)CCCN=C(N)N)C(=O)O. The van der Waals surface area contributed by atoms with E-state index >= 15 is 0 Å². The number of nitrogens with zero attached hydrogens (tertiary/aromatic N) is 2. The number of hydrogen-bond donors (Lipinski definition) is 20. The van der Waals surface area contributed by atoms with Gasteiger partial charge in [0.2, 0.25) is 59.1 Å². The highest BCUT2D eigenvalue weighted by molar-refractivity contribution is 6.00. The van der Waals surface area contributed by atoms with E-state index in [2.05, 4.69) is 63.2 Å². The minimum atomic E-state index is -1.97. The molecule has 2 rings (SSSR count). The van der Waals surface area contributed by atoms with Crippen LogP contribution in [0.3, 0.4) is 0 Å². The Labute approximate surface area is 523 Å². The van der Waals surface area contributed by atoms with Gasteiger partial charge in [0.1, 0.15) is 66.2 Å². The summed E-state index contributed by atoms with van der Waals surface area (Å²) in [5.41, 5.74) is 34.1. The van der Waals surface area contributed by atoms with E-state index in [4.69, 9.17) is 34.4 Å². The number of unbranched alkanes of at least 4 members (excludes halogenated alkanes) is 1. The van der Waals surface area contributed by atoms with E-state index in [1.54, 1.807) is 30.3 Å². The van der Waals surface area contributed by atoms with Crippen molar-refractivity contribution < 1.29 is 82.8 Å². The van der Waals surface area contributed by atoms with Gasteiger partial charge in [-0.2, -0.15) is 0 Å². The number of carboxylic acids is 3. The maximum atomic E-state index is 14.5. The van der Waals surface area contributed by atoms with Gasteiger partial charge in [-0.3, -0.25) is 72.3 Å². The van der Waals surface area contributed by atoms with Crippen LogP contribution < -0.4 is 87.6 Å². The van der Waals surface area contributed by atoms with Gasteiger partial charge in [-0.25, -0.2) is 0 Å². The van der Waals surface area contributed by atoms with E-state index in [9.17, 15) is 82.8 Å². The Morgan fingerprint density at radius 1 is 0.407 bits per heavy atom. The van der Waals surface area contributed by atoms with Crippen molar-refractivity contribution in [1.82, 2.24) is 53.2 Å². The molecule has 0 aliphatic carbocycles. The Hall–Kier alpha value is -10.2. The zero-order valence-corrected chi connectivity index (χ0v) is 50.9. The van der Waals surface area contributed by atoms with Crippen molar-refractivity contribution >= 4 is 88.9 Å². The molecule has 11 atom stereocenters. The van der Waals surface area contributed by atoms with E-state index in [0.717, 1.165) is 6.92 Å². The van der Waals surface area contributed by atoms with Gasteiger partial charge >= 0.3 is 17.9 Å². The normalized spacial score (nSPS) is 14.4. The second-order valence-electron chi connectivity index (χ2n) is 21.2. The second-order valence-corrected chi connectivity index (χ2v) is 21.2. The molecule has 0 heterocycles. The fourth-order valence-electron chi connectivity index (χ4n) is 8.32. The summed E-state index contributed by atoms with van der Waals surface area (Å²) < 4.78 is 0. The summed E-state index contributed by atoms with van der Waals surface area (Å²) in [7, 11) is 0. The van der Waals surface area contributed by atoms with E-state index in [0.29, 0.717) is 24.0 Å². The predicted octanol–water partition coefficient (Wildman–Crippen LogP) is -6.30. The topological polar surface area (TPSA) is 604 Å². The molecule has 0 aliphatic rings. The van der Waals surface area contributed by atoms with Crippen molar-refractivity contribution in [2.24, 2.45) is 44.4 Å². The number of rotatable bonds is 41. The van der Waals surface area contributed by atoms with Crippen LogP contribution in [0.15, 0.2) is 64.6 Å². The summed E-state index contributed by atoms with van der Waals surface area (Å²) in [5, 5.41) is 62.6. The van der Waals surface area contributed by atoms with E-state index in [1.807, 2.05) is 0 Å². The molecule has 2 aromatic carbocycles. The van der Waals surface area contributed by atoms with Gasteiger partial charge in [0.05, 0.1) is 18.9 Å². The minimum absolute atomic E-state index is 0.00654. The number of nitrogens with two attached hydrogens (primary N) is 6. The van der Waals surface area contributed by atoms with Crippen LogP contribution >= 0.6 is 0 Å². The number of carbonyl (C=O) groups is 13. The lowest BCUT2D eigenvalue weighted by Crippen LogP contribution is -2.61. The number of phenolic OH excluding ortho intramolecular Hbond substituents is 1. The first-order chi connectivity index (χ1) is 42.8. The Kier molecular flexibility index (Phi) is 33.5. The van der Waals surface area contributed by atoms with Gasteiger partial charge in [0.25, 0.3) is 0 Å². The van der Waals surface area contributed by atoms with Crippen LogP contribution in [0, 0.1) is 0 Å². The molecule has 0 bridgehead atoms. The molecule has 0 fully saturated rings. The molecule has 35 nitrogen and oxygen atoms in total. The molecule has 91 heavy (non-hydrogen) atoms. The highest BCUT2D eigenvalue weighted by Gasteiger charge is 2.36. The molecule has 0 unspecified atom stereocenters. The predicted molar refractivity (Wildman–Crippen MR) is 327 cm³/mol. The third kappa shape index (κ3) is 30.0. The lowest BCUT2D eigenvalue weighted by atomic mass is 10.0. The van der Waals surface area contributed by atoms with E-state index in [-0.39, 0.29) is 82.2 Å². The molecule has 10 amide bonds. The maximum absolute atomic E-state index is 14.5. The Bertz CT molecular complexity index is 2890. The summed E-state index contributed by atoms with van der Waals surface area (Å²) in [6, 6.07) is -3.34. The van der Waals surface area contributed by atoms with Gasteiger partial charge < -0.3 is 108 Å². The number of carbonyl (C=O) groups excluding carboxylic acids is 10. The minimum Gasteiger partial charge on any atom is -0.508 e. The highest BCUT2D eigenvalue weighted by Crippen LogP contribution is 2.14. The van der Waals surface area contributed by atoms with Crippen molar-refractivity contribution in [2.45, 2.75) is 165 Å². The van der Waals surface area contributed by atoms with Gasteiger partial charge in [-0.1, -0.05) is 42.5 Å². The number of guanidine groups is 2. The number of carboxylic acid groups (broad SMARTS) is 3. The van der Waals surface area contributed by atoms with Gasteiger partial charge in [0, 0.05) is 25.9 Å². The molecule has 26 N–H and O–H groups in total. The number of nitrogens with one attached hydrogen (secondary N) is 10. The number of hydrogen-bond acceptors (Lipinski definition) is 18. The van der Waals surface area contributed by atoms with Gasteiger partial charge in [-0.15, -0.1) is 0 Å². The lowest BCUT2D eigenvalue weighted by Gasteiger charge is -2.27. The van der Waals surface area contributed by atoms with Crippen LogP contribution in [-0.4, -0.2) is 195 Å². The summed E-state index contributed by atoms with van der Waals surface area (Å²) >= 11 is 0. The quantitative estimate of drug-likeness (QED) is 0.0167. The zero-order chi connectivity index (χ0) is 68.5. The summed E-state index contributed by atoms with van der Waals surface area (Å²) in [6.45, 7) is 5.15. The summed E-state index contributed by atoms with van der Waals surface area (Å²) in [4.78, 5) is 181. The fraction of sp³-hybridized carbons (Fsp3) is 0.518. The van der Waals surface area contributed by atoms with Crippen LogP contribution in [-0.2, 0) is 75.2 Å². The smallest absolute Gasteiger partial charge is 0.325 e. The molecule has 0 aliphatic heterocycles. The highest BCUT2D eigenvalue weighted by atomic mass is 16.4. The Morgan fingerprint density at radius 3 is 1.18 bits per heavy atom. The van der Waals surface area contributed by atoms with E-state index in [1.165, 1.54) is 45.0 Å². The van der Waals surface area contributed by atoms with Crippen LogP contribution in [0.1, 0.15) is 96.6 Å². The van der Waals surface area contributed by atoms with Crippen LogP contribution in [0.25, 0.3) is 0 Å². The molecule has 0 radical (unpaired) electrons. The van der Waals surface area contributed by atoms with Crippen LogP contribution in [0.4, 0.5) is 0 Å². The number of phenols is 1. The van der Waals surface area contributed by atoms with Crippen LogP contribution in [0.5, 0.6) is 5.75 Å². The average Bonchev–Trinajstić information content (AvgIpc) is 3.32. The molecule has 0 saturated carbocycles. The fourth-order valence-corrected chi connectivity index (χ4v) is 8.32. The molecular weight excluding hydrogens is 1200 g/mol. The third-order valence-electron chi connectivity index (χ3n) is 13.4.